The van der Waals surface area contributed by atoms with Crippen LogP contribution < -0.4 is 0 Å². The first kappa shape index (κ1) is 11.0. The van der Waals surface area contributed by atoms with Crippen LogP contribution in [-0.2, 0) is 0 Å². The molecule has 1 aromatic carbocycles. The first-order valence-corrected chi connectivity index (χ1v) is 5.45. The molecule has 0 heterocycles. The van der Waals surface area contributed by atoms with Crippen LogP contribution in [-0.4, -0.2) is 0 Å². The SMILES string of the molecule is CC/C=C(\CC)c1ccc(C)c(C)c1. The normalized spacial score (nSPS) is 11.9. The molecule has 0 saturated heterocycles. The Bertz CT molecular complexity index is 332. The predicted octanol–water partition coefficient (Wildman–Crippen LogP) is 4.51. The van der Waals surface area contributed by atoms with E-state index in [9.17, 15) is 0 Å². The zero-order chi connectivity index (χ0) is 10.6. The van der Waals surface area contributed by atoms with Crippen molar-refractivity contribution in [2.75, 3.05) is 0 Å². The molecule has 0 spiro atoms. The maximum absolute atomic E-state index is 2.32. The fourth-order valence-corrected chi connectivity index (χ4v) is 1.65. The molecule has 0 aliphatic rings. The third-order valence-electron chi connectivity index (χ3n) is 2.71. The summed E-state index contributed by atoms with van der Waals surface area (Å²) in [6.45, 7) is 8.75. The molecule has 0 radical (unpaired) electrons. The fourth-order valence-electron chi connectivity index (χ4n) is 1.65. The van der Waals surface area contributed by atoms with Crippen LogP contribution >= 0.6 is 0 Å². The van der Waals surface area contributed by atoms with Gasteiger partial charge in [0, 0.05) is 0 Å². The second-order valence-electron chi connectivity index (χ2n) is 3.79. The molecule has 0 unspecified atom stereocenters. The van der Waals surface area contributed by atoms with Crippen LogP contribution in [0.25, 0.3) is 5.57 Å². The van der Waals surface area contributed by atoms with Crippen LogP contribution in [0, 0.1) is 13.8 Å². The van der Waals surface area contributed by atoms with Gasteiger partial charge in [0.05, 0.1) is 0 Å². The van der Waals surface area contributed by atoms with Gasteiger partial charge in [-0.2, -0.15) is 0 Å². The lowest BCUT2D eigenvalue weighted by Crippen LogP contribution is -1.87. The van der Waals surface area contributed by atoms with Crippen molar-refractivity contribution in [1.29, 1.82) is 0 Å². The van der Waals surface area contributed by atoms with E-state index in [0.717, 1.165) is 12.8 Å². The summed E-state index contributed by atoms with van der Waals surface area (Å²) in [4.78, 5) is 0. The summed E-state index contributed by atoms with van der Waals surface area (Å²) in [5, 5.41) is 0. The summed E-state index contributed by atoms with van der Waals surface area (Å²) in [5.41, 5.74) is 5.62. The van der Waals surface area contributed by atoms with Gasteiger partial charge in [0.15, 0.2) is 0 Å². The predicted molar refractivity (Wildman–Crippen MR) is 64.5 cm³/mol. The average Bonchev–Trinajstić information content (AvgIpc) is 2.19. The number of aryl methyl sites for hydroxylation is 2. The number of hydrogen-bond donors (Lipinski definition) is 0. The zero-order valence-corrected chi connectivity index (χ0v) is 9.72. The Kier molecular flexibility index (Phi) is 3.94. The van der Waals surface area contributed by atoms with E-state index >= 15 is 0 Å². The zero-order valence-electron chi connectivity index (χ0n) is 9.72. The minimum atomic E-state index is 1.12. The Morgan fingerprint density at radius 3 is 2.36 bits per heavy atom. The summed E-state index contributed by atoms with van der Waals surface area (Å²) < 4.78 is 0. The summed E-state index contributed by atoms with van der Waals surface area (Å²) in [5.74, 6) is 0. The van der Waals surface area contributed by atoms with Crippen LogP contribution in [0.4, 0.5) is 0 Å². The highest BCUT2D eigenvalue weighted by atomic mass is 14.1. The lowest BCUT2D eigenvalue weighted by Gasteiger charge is -2.07. The Labute approximate surface area is 87.7 Å². The van der Waals surface area contributed by atoms with Crippen molar-refractivity contribution in [2.24, 2.45) is 0 Å². The number of allylic oxidation sites excluding steroid dienone is 2. The highest BCUT2D eigenvalue weighted by molar-refractivity contribution is 5.66. The van der Waals surface area contributed by atoms with Gasteiger partial charge < -0.3 is 0 Å². The third kappa shape index (κ3) is 2.47. The van der Waals surface area contributed by atoms with Gasteiger partial charge >= 0.3 is 0 Å². The standard InChI is InChI=1S/C14H20/c1-5-7-13(6-2)14-9-8-11(3)12(4)10-14/h7-10H,5-6H2,1-4H3/b13-7+. The van der Waals surface area contributed by atoms with E-state index in [4.69, 9.17) is 0 Å². The van der Waals surface area contributed by atoms with Gasteiger partial charge in [-0.15, -0.1) is 0 Å². The Balaban J connectivity index is 3.06. The molecule has 0 amide bonds. The van der Waals surface area contributed by atoms with E-state index in [0.29, 0.717) is 0 Å². The average molecular weight is 188 g/mol. The molecule has 1 aromatic rings. The van der Waals surface area contributed by atoms with E-state index in [1.54, 1.807) is 0 Å². The maximum Gasteiger partial charge on any atom is -0.0225 e. The molecule has 0 atom stereocenters. The monoisotopic (exact) mass is 188 g/mol. The van der Waals surface area contributed by atoms with Gasteiger partial charge in [-0.3, -0.25) is 0 Å². The van der Waals surface area contributed by atoms with E-state index in [1.165, 1.54) is 22.3 Å². The molecular formula is C14H20. The molecule has 0 N–H and O–H groups in total. The van der Waals surface area contributed by atoms with Gasteiger partial charge in [-0.05, 0) is 49.0 Å². The highest BCUT2D eigenvalue weighted by Gasteiger charge is 2.00. The molecule has 76 valence electrons. The lowest BCUT2D eigenvalue weighted by molar-refractivity contribution is 1.17. The molecule has 0 heteroatoms. The van der Waals surface area contributed by atoms with Crippen LogP contribution in [0.2, 0.25) is 0 Å². The maximum atomic E-state index is 2.32. The number of rotatable bonds is 3. The summed E-state index contributed by atoms with van der Waals surface area (Å²) in [7, 11) is 0. The topological polar surface area (TPSA) is 0 Å². The van der Waals surface area contributed by atoms with Gasteiger partial charge in [-0.1, -0.05) is 38.1 Å². The molecule has 0 aliphatic heterocycles. The van der Waals surface area contributed by atoms with Gasteiger partial charge in [0.25, 0.3) is 0 Å². The second-order valence-corrected chi connectivity index (χ2v) is 3.79. The van der Waals surface area contributed by atoms with Crippen molar-refractivity contribution in [2.45, 2.75) is 40.5 Å². The minimum absolute atomic E-state index is 1.12. The Morgan fingerprint density at radius 2 is 1.86 bits per heavy atom. The minimum Gasteiger partial charge on any atom is -0.0810 e. The van der Waals surface area contributed by atoms with E-state index in [-0.39, 0.29) is 0 Å². The van der Waals surface area contributed by atoms with Gasteiger partial charge in [-0.25, -0.2) is 0 Å². The first-order chi connectivity index (χ1) is 6.69. The molecule has 0 saturated carbocycles. The molecule has 0 fully saturated rings. The highest BCUT2D eigenvalue weighted by Crippen LogP contribution is 2.21. The van der Waals surface area contributed by atoms with Crippen LogP contribution in [0.15, 0.2) is 24.3 Å². The second kappa shape index (κ2) is 4.99. The summed E-state index contributed by atoms with van der Waals surface area (Å²) in [6, 6.07) is 6.73. The van der Waals surface area contributed by atoms with Crippen molar-refractivity contribution in [1.82, 2.24) is 0 Å². The number of benzene rings is 1. The van der Waals surface area contributed by atoms with E-state index in [1.807, 2.05) is 0 Å². The molecule has 1 rings (SSSR count). The van der Waals surface area contributed by atoms with Gasteiger partial charge in [0.1, 0.15) is 0 Å². The third-order valence-corrected chi connectivity index (χ3v) is 2.71. The molecule has 0 aromatic heterocycles. The van der Waals surface area contributed by atoms with Crippen molar-refractivity contribution < 1.29 is 0 Å². The van der Waals surface area contributed by atoms with Crippen molar-refractivity contribution >= 4 is 5.57 Å². The van der Waals surface area contributed by atoms with Crippen LogP contribution in [0.1, 0.15) is 43.4 Å². The fraction of sp³-hybridized carbons (Fsp3) is 0.429. The molecule has 14 heavy (non-hydrogen) atoms. The largest absolute Gasteiger partial charge is 0.0810 e. The number of hydrogen-bond acceptors (Lipinski definition) is 0. The molecule has 0 aliphatic carbocycles. The Hall–Kier alpha value is -1.04. The van der Waals surface area contributed by atoms with E-state index in [2.05, 4.69) is 52.0 Å². The van der Waals surface area contributed by atoms with E-state index < -0.39 is 0 Å². The van der Waals surface area contributed by atoms with Gasteiger partial charge in [0.2, 0.25) is 0 Å². The van der Waals surface area contributed by atoms with Crippen molar-refractivity contribution in [3.8, 4) is 0 Å². The van der Waals surface area contributed by atoms with Crippen molar-refractivity contribution in [3.05, 3.63) is 41.0 Å². The molecule has 0 bridgehead atoms. The Morgan fingerprint density at radius 1 is 1.14 bits per heavy atom. The first-order valence-electron chi connectivity index (χ1n) is 5.45. The quantitative estimate of drug-likeness (QED) is 0.655. The van der Waals surface area contributed by atoms with Crippen LogP contribution in [0.5, 0.6) is 0 Å². The molecule has 0 nitrogen and oxygen atoms in total. The smallest absolute Gasteiger partial charge is 0.0225 e. The molecular weight excluding hydrogens is 168 g/mol. The van der Waals surface area contributed by atoms with Crippen LogP contribution in [0.3, 0.4) is 0 Å². The summed E-state index contributed by atoms with van der Waals surface area (Å²) >= 11 is 0. The van der Waals surface area contributed by atoms with Crippen molar-refractivity contribution in [3.63, 3.8) is 0 Å². The lowest BCUT2D eigenvalue weighted by atomic mass is 9.98. The summed E-state index contributed by atoms with van der Waals surface area (Å²) in [6.07, 6.45) is 4.57.